The number of carbonyl (C=O) groups excluding carboxylic acids is 2. The normalized spacial score (nSPS) is 22.1. The molecular formula is C20H24N4O2S. The molecule has 7 heteroatoms. The van der Waals surface area contributed by atoms with E-state index in [9.17, 15) is 9.59 Å². The highest BCUT2D eigenvalue weighted by molar-refractivity contribution is 7.18. The molecule has 4 rings (SSSR count). The summed E-state index contributed by atoms with van der Waals surface area (Å²) in [6.45, 7) is 2.23. The fourth-order valence-corrected chi connectivity index (χ4v) is 4.78. The summed E-state index contributed by atoms with van der Waals surface area (Å²) >= 11 is 1.30. The average Bonchev–Trinajstić information content (AvgIpc) is 3.30. The maximum Gasteiger partial charge on any atom is 0.324 e. The molecule has 1 aromatic heterocycles. The maximum atomic E-state index is 12.6. The molecular weight excluding hydrogens is 360 g/mol. The van der Waals surface area contributed by atoms with Crippen molar-refractivity contribution in [3.05, 3.63) is 47.3 Å². The van der Waals surface area contributed by atoms with Gasteiger partial charge in [-0.2, -0.15) is 0 Å². The van der Waals surface area contributed by atoms with Crippen molar-refractivity contribution in [2.45, 2.75) is 37.8 Å². The highest BCUT2D eigenvalue weighted by atomic mass is 32.1. The van der Waals surface area contributed by atoms with Crippen molar-refractivity contribution in [1.29, 1.82) is 0 Å². The van der Waals surface area contributed by atoms with E-state index in [2.05, 4.69) is 20.9 Å². The number of fused-ring (bicyclic) bond motifs is 1. The number of piperidine rings is 1. The number of hydrogen-bond acceptors (Lipinski definition) is 4. The number of anilines is 2. The number of carbonyl (C=O) groups is 2. The van der Waals surface area contributed by atoms with Crippen molar-refractivity contribution >= 4 is 34.0 Å². The number of rotatable bonds is 4. The minimum absolute atomic E-state index is 0.0473. The molecule has 0 saturated carbocycles. The van der Waals surface area contributed by atoms with Crippen LogP contribution in [-0.2, 0) is 0 Å². The third kappa shape index (κ3) is 4.31. The van der Waals surface area contributed by atoms with Gasteiger partial charge in [0.05, 0.1) is 9.88 Å². The van der Waals surface area contributed by atoms with Crippen LogP contribution in [-0.4, -0.2) is 42.0 Å². The van der Waals surface area contributed by atoms with Gasteiger partial charge in [0, 0.05) is 24.3 Å². The summed E-state index contributed by atoms with van der Waals surface area (Å²) in [5, 5.41) is 9.41. The number of nitrogens with one attached hydrogen (secondary N) is 3. The highest BCUT2D eigenvalue weighted by Crippen LogP contribution is 2.28. The summed E-state index contributed by atoms with van der Waals surface area (Å²) in [5.41, 5.74) is 0.725. The van der Waals surface area contributed by atoms with Gasteiger partial charge in [0.2, 0.25) is 0 Å². The van der Waals surface area contributed by atoms with Gasteiger partial charge in [0.25, 0.3) is 5.91 Å². The van der Waals surface area contributed by atoms with E-state index in [0.29, 0.717) is 15.9 Å². The van der Waals surface area contributed by atoms with Gasteiger partial charge in [-0.15, -0.1) is 11.3 Å². The fourth-order valence-electron chi connectivity index (χ4n) is 3.98. The SMILES string of the molecule is O=C(Nc1ccccc1)Nc1ccc(C(=O)NC2CCN3CCCCC23)s1. The van der Waals surface area contributed by atoms with Gasteiger partial charge in [-0.1, -0.05) is 24.6 Å². The number of nitrogens with zero attached hydrogens (tertiary/aromatic N) is 1. The molecule has 0 bridgehead atoms. The van der Waals surface area contributed by atoms with Crippen LogP contribution in [0.15, 0.2) is 42.5 Å². The molecule has 2 aromatic rings. The largest absolute Gasteiger partial charge is 0.347 e. The molecule has 1 aromatic carbocycles. The van der Waals surface area contributed by atoms with E-state index < -0.39 is 0 Å². The molecule has 2 saturated heterocycles. The average molecular weight is 385 g/mol. The van der Waals surface area contributed by atoms with Gasteiger partial charge < -0.3 is 10.6 Å². The molecule has 2 fully saturated rings. The Balaban J connectivity index is 1.32. The van der Waals surface area contributed by atoms with Crippen molar-refractivity contribution in [3.63, 3.8) is 0 Å². The zero-order valence-electron chi connectivity index (χ0n) is 15.1. The summed E-state index contributed by atoms with van der Waals surface area (Å²) in [6.07, 6.45) is 4.70. The van der Waals surface area contributed by atoms with Crippen LogP contribution in [0.25, 0.3) is 0 Å². The zero-order valence-corrected chi connectivity index (χ0v) is 15.9. The van der Waals surface area contributed by atoms with Gasteiger partial charge in [-0.25, -0.2) is 4.79 Å². The van der Waals surface area contributed by atoms with Crippen LogP contribution in [0.5, 0.6) is 0 Å². The second kappa shape index (κ2) is 8.10. The van der Waals surface area contributed by atoms with Crippen LogP contribution in [0.1, 0.15) is 35.4 Å². The molecule has 2 atom stereocenters. The summed E-state index contributed by atoms with van der Waals surface area (Å²) in [5.74, 6) is -0.0473. The van der Waals surface area contributed by atoms with Gasteiger partial charge in [-0.05, 0) is 50.1 Å². The molecule has 2 unspecified atom stereocenters. The minimum Gasteiger partial charge on any atom is -0.347 e. The number of hydrogen-bond donors (Lipinski definition) is 3. The van der Waals surface area contributed by atoms with Gasteiger partial charge >= 0.3 is 6.03 Å². The van der Waals surface area contributed by atoms with E-state index in [0.717, 1.165) is 25.2 Å². The van der Waals surface area contributed by atoms with E-state index in [1.54, 1.807) is 12.1 Å². The summed E-state index contributed by atoms with van der Waals surface area (Å²) in [6, 6.07) is 13.2. The highest BCUT2D eigenvalue weighted by Gasteiger charge is 2.36. The van der Waals surface area contributed by atoms with E-state index in [4.69, 9.17) is 0 Å². The standard InChI is InChI=1S/C20H24N4O2S/c25-19(22-15-11-13-24-12-5-4-8-16(15)24)17-9-10-18(27-17)23-20(26)21-14-6-2-1-3-7-14/h1-3,6-7,9-10,15-16H,4-5,8,11-13H2,(H,22,25)(H2,21,23,26). The topological polar surface area (TPSA) is 73.5 Å². The molecule has 2 aliphatic rings. The Bertz CT molecular complexity index is 807. The number of thiophene rings is 1. The predicted molar refractivity (Wildman–Crippen MR) is 108 cm³/mol. The maximum absolute atomic E-state index is 12.6. The summed E-state index contributed by atoms with van der Waals surface area (Å²) in [7, 11) is 0. The fraction of sp³-hybridized carbons (Fsp3) is 0.400. The van der Waals surface area contributed by atoms with Crippen molar-refractivity contribution in [2.75, 3.05) is 23.7 Å². The monoisotopic (exact) mass is 384 g/mol. The molecule has 142 valence electrons. The first-order valence-electron chi connectivity index (χ1n) is 9.47. The molecule has 2 aliphatic heterocycles. The molecule has 6 nitrogen and oxygen atoms in total. The number of benzene rings is 1. The van der Waals surface area contributed by atoms with Crippen molar-refractivity contribution in [1.82, 2.24) is 10.2 Å². The quantitative estimate of drug-likeness (QED) is 0.752. The number of urea groups is 1. The van der Waals surface area contributed by atoms with Crippen LogP contribution in [0.3, 0.4) is 0 Å². The van der Waals surface area contributed by atoms with Gasteiger partial charge in [0.1, 0.15) is 0 Å². The van der Waals surface area contributed by atoms with E-state index >= 15 is 0 Å². The Morgan fingerprint density at radius 3 is 2.67 bits per heavy atom. The molecule has 3 N–H and O–H groups in total. The second-order valence-corrected chi connectivity index (χ2v) is 8.16. The van der Waals surface area contributed by atoms with Crippen LogP contribution in [0.4, 0.5) is 15.5 Å². The third-order valence-electron chi connectivity index (χ3n) is 5.27. The van der Waals surface area contributed by atoms with Crippen LogP contribution in [0, 0.1) is 0 Å². The lowest BCUT2D eigenvalue weighted by atomic mass is 9.99. The number of para-hydroxylation sites is 1. The zero-order chi connectivity index (χ0) is 18.6. The van der Waals surface area contributed by atoms with E-state index in [1.165, 1.54) is 30.6 Å². The number of amides is 3. The van der Waals surface area contributed by atoms with Crippen molar-refractivity contribution in [2.24, 2.45) is 0 Å². The van der Waals surface area contributed by atoms with Crippen LogP contribution in [0.2, 0.25) is 0 Å². The van der Waals surface area contributed by atoms with Crippen molar-refractivity contribution in [3.8, 4) is 0 Å². The Hall–Kier alpha value is -2.38. The molecule has 0 spiro atoms. The lowest BCUT2D eigenvalue weighted by molar-refractivity contribution is 0.0919. The lowest BCUT2D eigenvalue weighted by Crippen LogP contribution is -2.46. The molecule has 0 radical (unpaired) electrons. The Morgan fingerprint density at radius 2 is 1.81 bits per heavy atom. The first kappa shape index (κ1) is 18.0. The third-order valence-corrected chi connectivity index (χ3v) is 6.27. The first-order chi connectivity index (χ1) is 13.2. The Kier molecular flexibility index (Phi) is 5.40. The Morgan fingerprint density at radius 1 is 0.963 bits per heavy atom. The lowest BCUT2D eigenvalue weighted by Gasteiger charge is -2.32. The summed E-state index contributed by atoms with van der Waals surface area (Å²) < 4.78 is 0. The first-order valence-corrected chi connectivity index (χ1v) is 10.3. The van der Waals surface area contributed by atoms with Crippen LogP contribution >= 0.6 is 11.3 Å². The molecule has 3 heterocycles. The van der Waals surface area contributed by atoms with Crippen LogP contribution < -0.4 is 16.0 Å². The van der Waals surface area contributed by atoms with Gasteiger partial charge in [0.15, 0.2) is 0 Å². The predicted octanol–water partition coefficient (Wildman–Crippen LogP) is 3.75. The smallest absolute Gasteiger partial charge is 0.324 e. The van der Waals surface area contributed by atoms with E-state index in [1.807, 2.05) is 30.3 Å². The second-order valence-electron chi connectivity index (χ2n) is 7.08. The van der Waals surface area contributed by atoms with Crippen molar-refractivity contribution < 1.29 is 9.59 Å². The molecule has 3 amide bonds. The molecule has 27 heavy (non-hydrogen) atoms. The Labute approximate surface area is 162 Å². The molecule has 0 aliphatic carbocycles. The van der Waals surface area contributed by atoms with Gasteiger partial charge in [-0.3, -0.25) is 15.0 Å². The summed E-state index contributed by atoms with van der Waals surface area (Å²) in [4.78, 5) is 27.8. The minimum atomic E-state index is -0.316. The van der Waals surface area contributed by atoms with E-state index in [-0.39, 0.29) is 18.0 Å².